The molecule has 4 atom stereocenters. The standard InChI is InChI=1S/C40H42ClN5O4/c1-6-8-13-25(12-7-2)34(26-14-10-9-11-15-26)45-37-31(41)20-27-16-17-29(22-32(27)44-37)48-23-28-21-33(36-35(28)49-40(3,4)50-36)46-19-18-30-38(46)42-24-43-39(30)47-5/h6,8-11,13-20,22,24,28,33,35-36H,7,12,21,23H2,1-5H3/b8-6-,25-13+,45-34+/t28-,33-,35-,36+/m1/s1. The minimum atomic E-state index is -0.706. The van der Waals surface area contributed by atoms with Gasteiger partial charge >= 0.3 is 0 Å². The van der Waals surface area contributed by atoms with Crippen molar-refractivity contribution in [2.24, 2.45) is 10.9 Å². The number of fused-ring (bicyclic) bond motifs is 3. The molecule has 0 radical (unpaired) electrons. The molecule has 1 aliphatic carbocycles. The van der Waals surface area contributed by atoms with Crippen molar-refractivity contribution in [1.29, 1.82) is 0 Å². The van der Waals surface area contributed by atoms with Crippen LogP contribution in [0, 0.1) is 5.92 Å². The summed E-state index contributed by atoms with van der Waals surface area (Å²) < 4.78 is 27.1. The van der Waals surface area contributed by atoms with E-state index in [-0.39, 0.29) is 24.2 Å². The van der Waals surface area contributed by atoms with Crippen LogP contribution in [0.5, 0.6) is 11.6 Å². The van der Waals surface area contributed by atoms with Crippen molar-refractivity contribution in [3.05, 3.63) is 108 Å². The lowest BCUT2D eigenvalue weighted by Crippen LogP contribution is -2.29. The summed E-state index contributed by atoms with van der Waals surface area (Å²) in [5.74, 6) is 1.11. The molecule has 2 aliphatic rings. The number of pyridine rings is 1. The van der Waals surface area contributed by atoms with Gasteiger partial charge in [0.2, 0.25) is 5.88 Å². The highest BCUT2D eigenvalue weighted by atomic mass is 35.5. The Hall–Kier alpha value is -4.57. The van der Waals surface area contributed by atoms with E-state index in [1.807, 2.05) is 87.7 Å². The van der Waals surface area contributed by atoms with E-state index in [1.165, 1.54) is 6.33 Å². The molecule has 258 valence electrons. The van der Waals surface area contributed by atoms with Gasteiger partial charge in [0.25, 0.3) is 0 Å². The minimum Gasteiger partial charge on any atom is -0.493 e. The van der Waals surface area contributed by atoms with Crippen molar-refractivity contribution >= 4 is 45.1 Å². The maximum absolute atomic E-state index is 6.81. The highest BCUT2D eigenvalue weighted by Gasteiger charge is 2.55. The van der Waals surface area contributed by atoms with Crippen LogP contribution in [0.25, 0.3) is 21.9 Å². The zero-order chi connectivity index (χ0) is 34.8. The number of halogens is 1. The summed E-state index contributed by atoms with van der Waals surface area (Å²) in [6.07, 6.45) is 12.1. The number of allylic oxidation sites excluding steroid dienone is 4. The van der Waals surface area contributed by atoms with Gasteiger partial charge in [-0.1, -0.05) is 73.5 Å². The minimum absolute atomic E-state index is 0.00610. The highest BCUT2D eigenvalue weighted by Crippen LogP contribution is 2.48. The third-order valence-electron chi connectivity index (χ3n) is 9.34. The van der Waals surface area contributed by atoms with Crippen molar-refractivity contribution < 1.29 is 18.9 Å². The van der Waals surface area contributed by atoms with E-state index in [4.69, 9.17) is 40.5 Å². The molecule has 3 aromatic heterocycles. The maximum atomic E-state index is 6.81. The Balaban J connectivity index is 1.17. The number of nitrogens with zero attached hydrogens (tertiary/aromatic N) is 5. The Morgan fingerprint density at radius 1 is 1.08 bits per heavy atom. The average molecular weight is 692 g/mol. The Morgan fingerprint density at radius 2 is 1.90 bits per heavy atom. The van der Waals surface area contributed by atoms with Gasteiger partial charge in [-0.25, -0.2) is 19.9 Å². The Kier molecular flexibility index (Phi) is 9.73. The fraction of sp³-hybridized carbons (Fsp3) is 0.350. The molecule has 0 spiro atoms. The molecule has 4 heterocycles. The number of benzene rings is 2. The maximum Gasteiger partial charge on any atom is 0.225 e. The van der Waals surface area contributed by atoms with E-state index in [0.717, 1.165) is 58.0 Å². The summed E-state index contributed by atoms with van der Waals surface area (Å²) in [4.78, 5) is 18.9. The Morgan fingerprint density at radius 3 is 2.68 bits per heavy atom. The molecule has 50 heavy (non-hydrogen) atoms. The van der Waals surface area contributed by atoms with Crippen LogP contribution < -0.4 is 9.47 Å². The molecule has 2 aromatic carbocycles. The first-order valence-electron chi connectivity index (χ1n) is 17.2. The monoisotopic (exact) mass is 691 g/mol. The van der Waals surface area contributed by atoms with Crippen LogP contribution in [0.1, 0.15) is 58.6 Å². The number of rotatable bonds is 11. The van der Waals surface area contributed by atoms with E-state index in [1.54, 1.807) is 7.11 Å². The zero-order valence-electron chi connectivity index (χ0n) is 29.0. The predicted octanol–water partition coefficient (Wildman–Crippen LogP) is 9.22. The van der Waals surface area contributed by atoms with Gasteiger partial charge in [-0.05, 0) is 63.5 Å². The molecule has 1 saturated carbocycles. The smallest absolute Gasteiger partial charge is 0.225 e. The fourth-order valence-electron chi connectivity index (χ4n) is 7.14. The lowest BCUT2D eigenvalue weighted by atomic mass is 9.98. The fourth-order valence-corrected chi connectivity index (χ4v) is 7.34. The third kappa shape index (κ3) is 6.77. The first kappa shape index (κ1) is 33.9. The van der Waals surface area contributed by atoms with Crippen molar-refractivity contribution in [3.63, 3.8) is 0 Å². The van der Waals surface area contributed by atoms with E-state index < -0.39 is 5.79 Å². The summed E-state index contributed by atoms with van der Waals surface area (Å²) in [7, 11) is 1.62. The summed E-state index contributed by atoms with van der Waals surface area (Å²) in [6.45, 7) is 8.56. The molecular formula is C40H42ClN5O4. The third-order valence-corrected chi connectivity index (χ3v) is 9.62. The molecule has 1 aliphatic heterocycles. The van der Waals surface area contributed by atoms with Crippen molar-refractivity contribution in [2.75, 3.05) is 13.7 Å². The SMILES string of the molecule is C\C=C/C=C(CCC)/C(=N\c1nc2cc(OC[C@H]3C[C@@H](n4ccc5c(OC)ncnc54)[C@@H]4OC(C)(C)O[C@H]34)ccc2cc1Cl)c1ccccc1. The summed E-state index contributed by atoms with van der Waals surface area (Å²) in [5, 5.41) is 2.27. The summed E-state index contributed by atoms with van der Waals surface area (Å²) in [6, 6.07) is 20.0. The second-order valence-electron chi connectivity index (χ2n) is 13.2. The van der Waals surface area contributed by atoms with Crippen LogP contribution in [0.15, 0.2) is 102 Å². The van der Waals surface area contributed by atoms with Gasteiger partial charge in [-0.15, -0.1) is 0 Å². The van der Waals surface area contributed by atoms with E-state index in [9.17, 15) is 0 Å². The molecule has 10 heteroatoms. The molecule has 2 fully saturated rings. The van der Waals surface area contributed by atoms with Gasteiger partial charge in [0, 0.05) is 29.1 Å². The largest absolute Gasteiger partial charge is 0.493 e. The first-order valence-corrected chi connectivity index (χ1v) is 17.6. The van der Waals surface area contributed by atoms with Gasteiger partial charge in [0.1, 0.15) is 23.8 Å². The van der Waals surface area contributed by atoms with Crippen LogP contribution in [-0.4, -0.2) is 56.9 Å². The molecule has 1 saturated heterocycles. The highest BCUT2D eigenvalue weighted by molar-refractivity contribution is 6.33. The van der Waals surface area contributed by atoms with Crippen LogP contribution in [-0.2, 0) is 9.47 Å². The normalized spacial score (nSPS) is 22.1. The number of hydrogen-bond donors (Lipinski definition) is 0. The van der Waals surface area contributed by atoms with Crippen molar-refractivity contribution in [3.8, 4) is 11.6 Å². The zero-order valence-corrected chi connectivity index (χ0v) is 29.8. The molecule has 5 aromatic rings. The molecule has 7 rings (SSSR count). The topological polar surface area (TPSA) is 92.9 Å². The number of methoxy groups -OCH3 is 1. The summed E-state index contributed by atoms with van der Waals surface area (Å²) in [5.41, 5.74) is 4.56. The number of aliphatic imine (C=N–C) groups is 1. The molecule has 0 bridgehead atoms. The predicted molar refractivity (Wildman–Crippen MR) is 198 cm³/mol. The average Bonchev–Trinajstić information content (AvgIpc) is 3.79. The molecular weight excluding hydrogens is 650 g/mol. The lowest BCUT2D eigenvalue weighted by molar-refractivity contribution is -0.161. The van der Waals surface area contributed by atoms with Crippen LogP contribution in [0.3, 0.4) is 0 Å². The van der Waals surface area contributed by atoms with Crippen molar-refractivity contribution in [1.82, 2.24) is 19.5 Å². The lowest BCUT2D eigenvalue weighted by Gasteiger charge is -2.24. The van der Waals surface area contributed by atoms with E-state index >= 15 is 0 Å². The van der Waals surface area contributed by atoms with Crippen LogP contribution in [0.2, 0.25) is 5.02 Å². The second-order valence-corrected chi connectivity index (χ2v) is 13.6. The quantitative estimate of drug-likeness (QED) is 0.101. The van der Waals surface area contributed by atoms with E-state index in [2.05, 4.69) is 39.7 Å². The van der Waals surface area contributed by atoms with E-state index in [0.29, 0.717) is 29.1 Å². The number of ether oxygens (including phenoxy) is 4. The Bertz CT molecular complexity index is 2090. The number of aromatic nitrogens is 4. The Labute approximate surface area is 297 Å². The van der Waals surface area contributed by atoms with Gasteiger partial charge in [-0.2, -0.15) is 0 Å². The van der Waals surface area contributed by atoms with Gasteiger partial charge in [0.05, 0.1) is 47.5 Å². The molecule has 0 unspecified atom stereocenters. The summed E-state index contributed by atoms with van der Waals surface area (Å²) >= 11 is 6.81. The van der Waals surface area contributed by atoms with Crippen LogP contribution in [0.4, 0.5) is 5.82 Å². The molecule has 0 amide bonds. The van der Waals surface area contributed by atoms with Crippen LogP contribution >= 0.6 is 11.6 Å². The van der Waals surface area contributed by atoms with Gasteiger partial charge in [0.15, 0.2) is 11.6 Å². The molecule has 0 N–H and O–H groups in total. The number of hydrogen-bond acceptors (Lipinski definition) is 8. The molecule has 9 nitrogen and oxygen atoms in total. The van der Waals surface area contributed by atoms with Gasteiger partial charge in [-0.3, -0.25) is 0 Å². The first-order chi connectivity index (χ1) is 24.3. The van der Waals surface area contributed by atoms with Gasteiger partial charge < -0.3 is 23.5 Å². The van der Waals surface area contributed by atoms with Crippen molar-refractivity contribution in [2.45, 2.75) is 71.0 Å². The second kappa shape index (κ2) is 14.3.